The lowest BCUT2D eigenvalue weighted by Crippen LogP contribution is -3.00. The van der Waals surface area contributed by atoms with Crippen LogP contribution in [0.25, 0.3) is 12.2 Å². The average Bonchev–Trinajstić information content (AvgIpc) is 2.72. The van der Waals surface area contributed by atoms with E-state index >= 15 is 0 Å². The number of aromatic nitrogens is 1. The maximum absolute atomic E-state index is 5.51. The van der Waals surface area contributed by atoms with E-state index < -0.39 is 0 Å². The Balaban J connectivity index is 0.00000420. The molecule has 0 radical (unpaired) electrons. The largest absolute Gasteiger partial charge is 1.00 e. The monoisotopic (exact) mass is 508 g/mol. The third-order valence-corrected chi connectivity index (χ3v) is 5.09. The second kappa shape index (κ2) is 14.4. The molecular formula is C25H37IN2O. The minimum absolute atomic E-state index is 0. The Hall–Kier alpha value is -1.56. The SMILES string of the molecule is CCCCCCCCC[n+]1ccc(C=Cc2ccc(N(C)C)c(OC)c2)cc1.[I-]. The molecule has 0 saturated heterocycles. The van der Waals surface area contributed by atoms with Gasteiger partial charge >= 0.3 is 0 Å². The highest BCUT2D eigenvalue weighted by Crippen LogP contribution is 2.28. The van der Waals surface area contributed by atoms with Crippen molar-refractivity contribution in [2.45, 2.75) is 58.4 Å². The maximum Gasteiger partial charge on any atom is 0.169 e. The predicted octanol–water partition coefficient (Wildman–Crippen LogP) is 2.97. The van der Waals surface area contributed by atoms with Gasteiger partial charge in [0, 0.05) is 32.6 Å². The molecule has 0 aliphatic carbocycles. The van der Waals surface area contributed by atoms with Gasteiger partial charge in [-0.25, -0.2) is 4.57 Å². The number of hydrogen-bond donors (Lipinski definition) is 0. The minimum atomic E-state index is 0. The smallest absolute Gasteiger partial charge is 0.169 e. The Morgan fingerprint density at radius 1 is 0.862 bits per heavy atom. The summed E-state index contributed by atoms with van der Waals surface area (Å²) in [6, 6.07) is 10.7. The summed E-state index contributed by atoms with van der Waals surface area (Å²) in [6.07, 6.45) is 18.1. The van der Waals surface area contributed by atoms with E-state index in [9.17, 15) is 0 Å². The van der Waals surface area contributed by atoms with E-state index in [4.69, 9.17) is 4.74 Å². The predicted molar refractivity (Wildman–Crippen MR) is 121 cm³/mol. The van der Waals surface area contributed by atoms with Crippen LogP contribution in [0.15, 0.2) is 42.7 Å². The van der Waals surface area contributed by atoms with Gasteiger partial charge in [0.15, 0.2) is 12.4 Å². The van der Waals surface area contributed by atoms with Gasteiger partial charge in [0.05, 0.1) is 12.8 Å². The molecule has 160 valence electrons. The van der Waals surface area contributed by atoms with Crippen LogP contribution in [0, 0.1) is 0 Å². The van der Waals surface area contributed by atoms with Gasteiger partial charge < -0.3 is 33.6 Å². The molecule has 1 heterocycles. The standard InChI is InChI=1S/C25H37N2O.HI/c1-5-6-7-8-9-10-11-18-27-19-16-22(17-20-27)12-13-23-14-15-24(26(2)3)25(21-23)28-4;/h12-17,19-21H,5-11,18H2,1-4H3;1H/q+1;/p-1. The number of aryl methyl sites for hydroxylation is 1. The lowest BCUT2D eigenvalue weighted by atomic mass is 10.1. The van der Waals surface area contributed by atoms with E-state index in [2.05, 4.69) is 71.3 Å². The summed E-state index contributed by atoms with van der Waals surface area (Å²) in [7, 11) is 5.77. The molecule has 0 saturated carbocycles. The number of methoxy groups -OCH3 is 1. The highest BCUT2D eigenvalue weighted by atomic mass is 127. The molecule has 29 heavy (non-hydrogen) atoms. The van der Waals surface area contributed by atoms with Crippen LogP contribution in [0.2, 0.25) is 0 Å². The zero-order valence-electron chi connectivity index (χ0n) is 18.5. The first-order valence-corrected chi connectivity index (χ1v) is 10.7. The molecule has 0 amide bonds. The van der Waals surface area contributed by atoms with Gasteiger partial charge in [0.2, 0.25) is 0 Å². The van der Waals surface area contributed by atoms with E-state index in [-0.39, 0.29) is 24.0 Å². The quantitative estimate of drug-likeness (QED) is 0.249. The van der Waals surface area contributed by atoms with Crippen LogP contribution in [-0.2, 0) is 6.54 Å². The van der Waals surface area contributed by atoms with Crippen molar-refractivity contribution in [2.24, 2.45) is 0 Å². The van der Waals surface area contributed by atoms with Crippen molar-refractivity contribution in [3.05, 3.63) is 53.9 Å². The number of hydrogen-bond acceptors (Lipinski definition) is 2. The minimum Gasteiger partial charge on any atom is -1.00 e. The summed E-state index contributed by atoms with van der Waals surface area (Å²) in [5.41, 5.74) is 3.44. The van der Waals surface area contributed by atoms with E-state index in [0.29, 0.717) is 0 Å². The second-order valence-corrected chi connectivity index (χ2v) is 7.65. The van der Waals surface area contributed by atoms with Crippen LogP contribution >= 0.6 is 0 Å². The van der Waals surface area contributed by atoms with Gasteiger partial charge in [-0.1, -0.05) is 57.2 Å². The van der Waals surface area contributed by atoms with Gasteiger partial charge in [-0.3, -0.25) is 0 Å². The van der Waals surface area contributed by atoms with Crippen LogP contribution in [0.1, 0.15) is 63.0 Å². The second-order valence-electron chi connectivity index (χ2n) is 7.65. The molecule has 0 unspecified atom stereocenters. The highest BCUT2D eigenvalue weighted by molar-refractivity contribution is 5.72. The van der Waals surface area contributed by atoms with E-state index in [0.717, 1.165) is 23.5 Å². The maximum atomic E-state index is 5.51. The van der Waals surface area contributed by atoms with Crippen molar-refractivity contribution >= 4 is 17.8 Å². The number of unbranched alkanes of at least 4 members (excludes halogenated alkanes) is 6. The van der Waals surface area contributed by atoms with Gasteiger partial charge in [0.1, 0.15) is 12.3 Å². The van der Waals surface area contributed by atoms with Crippen molar-refractivity contribution in [3.63, 3.8) is 0 Å². The summed E-state index contributed by atoms with van der Waals surface area (Å²) >= 11 is 0. The molecular weight excluding hydrogens is 471 g/mol. The Labute approximate surface area is 194 Å². The lowest BCUT2D eigenvalue weighted by molar-refractivity contribution is -0.697. The molecule has 2 rings (SSSR count). The number of halogens is 1. The fourth-order valence-electron chi connectivity index (χ4n) is 3.34. The molecule has 0 aliphatic rings. The van der Waals surface area contributed by atoms with E-state index in [1.165, 1.54) is 50.5 Å². The first kappa shape index (κ1) is 25.5. The number of rotatable bonds is 12. The van der Waals surface area contributed by atoms with Crippen molar-refractivity contribution in [1.82, 2.24) is 0 Å². The summed E-state index contributed by atoms with van der Waals surface area (Å²) in [5, 5.41) is 0. The number of anilines is 1. The molecule has 0 aliphatic heterocycles. The van der Waals surface area contributed by atoms with Crippen molar-refractivity contribution in [2.75, 3.05) is 26.1 Å². The van der Waals surface area contributed by atoms with E-state index in [1.54, 1.807) is 7.11 Å². The molecule has 0 spiro atoms. The molecule has 3 nitrogen and oxygen atoms in total. The molecule has 0 atom stereocenters. The van der Waals surface area contributed by atoms with Crippen molar-refractivity contribution in [1.29, 1.82) is 0 Å². The van der Waals surface area contributed by atoms with Gasteiger partial charge in [0.25, 0.3) is 0 Å². The Morgan fingerprint density at radius 2 is 1.48 bits per heavy atom. The molecule has 0 N–H and O–H groups in total. The van der Waals surface area contributed by atoms with Gasteiger partial charge in [-0.05, 0) is 29.7 Å². The normalized spacial score (nSPS) is 10.8. The summed E-state index contributed by atoms with van der Waals surface area (Å²) in [4.78, 5) is 2.06. The van der Waals surface area contributed by atoms with Crippen LogP contribution in [0.4, 0.5) is 5.69 Å². The Morgan fingerprint density at radius 3 is 2.10 bits per heavy atom. The summed E-state index contributed by atoms with van der Waals surface area (Å²) < 4.78 is 7.80. The molecule has 0 bridgehead atoms. The first-order chi connectivity index (χ1) is 13.6. The molecule has 1 aromatic heterocycles. The van der Waals surface area contributed by atoms with Crippen LogP contribution < -0.4 is 38.2 Å². The number of ether oxygens (including phenoxy) is 1. The molecule has 2 aromatic rings. The van der Waals surface area contributed by atoms with Gasteiger partial charge in [-0.15, -0.1) is 0 Å². The van der Waals surface area contributed by atoms with Crippen molar-refractivity contribution in [3.8, 4) is 5.75 Å². The number of nitrogens with zero attached hydrogens (tertiary/aromatic N) is 2. The topological polar surface area (TPSA) is 16.4 Å². The third kappa shape index (κ3) is 9.20. The summed E-state index contributed by atoms with van der Waals surface area (Å²) in [6.45, 7) is 3.38. The zero-order valence-corrected chi connectivity index (χ0v) is 20.7. The molecule has 4 heteroatoms. The molecule has 0 fully saturated rings. The fraction of sp³-hybridized carbons (Fsp3) is 0.480. The Bertz CT molecular complexity index is 726. The average molecular weight is 508 g/mol. The number of benzene rings is 1. The number of pyridine rings is 1. The van der Waals surface area contributed by atoms with Crippen LogP contribution in [0.5, 0.6) is 5.75 Å². The third-order valence-electron chi connectivity index (χ3n) is 5.09. The van der Waals surface area contributed by atoms with E-state index in [1.807, 2.05) is 14.1 Å². The molecule has 1 aromatic carbocycles. The first-order valence-electron chi connectivity index (χ1n) is 10.7. The van der Waals surface area contributed by atoms with Crippen LogP contribution in [-0.4, -0.2) is 21.2 Å². The van der Waals surface area contributed by atoms with Crippen molar-refractivity contribution < 1.29 is 33.3 Å². The zero-order chi connectivity index (χ0) is 20.2. The lowest BCUT2D eigenvalue weighted by Gasteiger charge is -2.16. The van der Waals surface area contributed by atoms with Crippen LogP contribution in [0.3, 0.4) is 0 Å². The van der Waals surface area contributed by atoms with Gasteiger partial charge in [-0.2, -0.15) is 0 Å². The highest BCUT2D eigenvalue weighted by Gasteiger charge is 2.05. The fourth-order valence-corrected chi connectivity index (χ4v) is 3.34. The summed E-state index contributed by atoms with van der Waals surface area (Å²) in [5.74, 6) is 0.896. The Kier molecular flexibility index (Phi) is 12.7.